The maximum absolute atomic E-state index is 11.2. The van der Waals surface area contributed by atoms with Crippen LogP contribution in [0.15, 0.2) is 54.6 Å². The van der Waals surface area contributed by atoms with Gasteiger partial charge in [-0.15, -0.1) is 15.0 Å². The molecule has 0 amide bonds. The first-order chi connectivity index (χ1) is 13.7. The molecule has 0 aliphatic rings. The molecule has 0 atom stereocenters. The predicted molar refractivity (Wildman–Crippen MR) is 108 cm³/mol. The molecular weight excluding hydrogens is 354 g/mol. The van der Waals surface area contributed by atoms with Crippen LogP contribution in [0.25, 0.3) is 16.7 Å². The number of unbranched alkanes of at least 4 members (excludes halogenated alkanes) is 3. The summed E-state index contributed by atoms with van der Waals surface area (Å²) in [6, 6.07) is 13.2. The lowest BCUT2D eigenvalue weighted by molar-refractivity contribution is -0.137. The molecule has 1 N–H and O–H groups in total. The number of benzene rings is 2. The van der Waals surface area contributed by atoms with E-state index in [9.17, 15) is 9.90 Å². The Bertz CT molecular complexity index is 930. The predicted octanol–water partition coefficient (Wildman–Crippen LogP) is 4.35. The Morgan fingerprint density at radius 2 is 1.79 bits per heavy atom. The highest BCUT2D eigenvalue weighted by Crippen LogP contribution is 2.24. The van der Waals surface area contributed by atoms with E-state index in [-0.39, 0.29) is 11.7 Å². The number of rotatable bonds is 9. The van der Waals surface area contributed by atoms with E-state index < -0.39 is 0 Å². The fraction of sp³-hybridized carbons (Fsp3) is 0.318. The second-order valence-corrected chi connectivity index (χ2v) is 6.63. The van der Waals surface area contributed by atoms with Crippen molar-refractivity contribution in [3.63, 3.8) is 0 Å². The van der Waals surface area contributed by atoms with E-state index in [1.807, 2.05) is 36.4 Å². The number of hydrogen-bond donors (Lipinski definition) is 1. The Morgan fingerprint density at radius 3 is 2.50 bits per heavy atom. The summed E-state index contributed by atoms with van der Waals surface area (Å²) >= 11 is 0. The number of aromatic nitrogens is 3. The molecule has 0 saturated heterocycles. The van der Waals surface area contributed by atoms with Gasteiger partial charge in [0.15, 0.2) is 0 Å². The standard InChI is InChI=1S/C22H25N3O3/c1-2-9-22(27)28-15-8-4-3-5-10-17-13-14-21(26)20(16-17)25-23-18-11-6-7-12-19(18)24-25/h2,6-7,9,11-14,16,26H,3-5,8,10,15H2,1H3. The van der Waals surface area contributed by atoms with Crippen molar-refractivity contribution in [1.82, 2.24) is 15.0 Å². The van der Waals surface area contributed by atoms with Crippen molar-refractivity contribution in [3.05, 3.63) is 60.2 Å². The number of phenolic OH excluding ortho intramolecular Hbond substituents is 1. The van der Waals surface area contributed by atoms with E-state index in [1.54, 1.807) is 19.1 Å². The molecule has 0 unspecified atom stereocenters. The summed E-state index contributed by atoms with van der Waals surface area (Å²) in [4.78, 5) is 12.7. The molecule has 146 valence electrons. The first-order valence-corrected chi connectivity index (χ1v) is 9.61. The van der Waals surface area contributed by atoms with Gasteiger partial charge < -0.3 is 9.84 Å². The molecule has 3 rings (SSSR count). The van der Waals surface area contributed by atoms with Gasteiger partial charge in [-0.3, -0.25) is 0 Å². The first kappa shape index (κ1) is 19.6. The number of nitrogens with zero attached hydrogens (tertiary/aromatic N) is 3. The van der Waals surface area contributed by atoms with Crippen molar-refractivity contribution in [2.45, 2.75) is 39.0 Å². The molecule has 1 aromatic heterocycles. The Balaban J connectivity index is 1.50. The molecule has 0 spiro atoms. The Kier molecular flexibility index (Phi) is 6.78. The number of carbonyl (C=O) groups is 1. The van der Waals surface area contributed by atoms with Gasteiger partial charge >= 0.3 is 5.97 Å². The molecule has 0 saturated carbocycles. The van der Waals surface area contributed by atoms with E-state index in [1.165, 1.54) is 10.9 Å². The maximum Gasteiger partial charge on any atom is 0.330 e. The fourth-order valence-electron chi connectivity index (χ4n) is 2.99. The van der Waals surface area contributed by atoms with Crippen LogP contribution in [0.3, 0.4) is 0 Å². The molecule has 2 aromatic carbocycles. The van der Waals surface area contributed by atoms with Gasteiger partial charge in [0.2, 0.25) is 0 Å². The van der Waals surface area contributed by atoms with Crippen LogP contribution < -0.4 is 0 Å². The van der Waals surface area contributed by atoms with E-state index >= 15 is 0 Å². The second-order valence-electron chi connectivity index (χ2n) is 6.63. The Morgan fingerprint density at radius 1 is 1.07 bits per heavy atom. The third-order valence-corrected chi connectivity index (χ3v) is 4.45. The van der Waals surface area contributed by atoms with Crippen LogP contribution in [0.2, 0.25) is 0 Å². The van der Waals surface area contributed by atoms with E-state index in [2.05, 4.69) is 10.2 Å². The number of esters is 1. The molecule has 0 bridgehead atoms. The second kappa shape index (κ2) is 9.69. The third kappa shape index (κ3) is 5.19. The van der Waals surface area contributed by atoms with E-state index in [4.69, 9.17) is 4.74 Å². The number of ether oxygens (including phenoxy) is 1. The maximum atomic E-state index is 11.2. The highest BCUT2D eigenvalue weighted by molar-refractivity contribution is 5.81. The zero-order chi connectivity index (χ0) is 19.8. The van der Waals surface area contributed by atoms with Gasteiger partial charge in [0.1, 0.15) is 22.5 Å². The number of hydrogen-bond acceptors (Lipinski definition) is 5. The van der Waals surface area contributed by atoms with Gasteiger partial charge in [-0.2, -0.15) is 0 Å². The highest BCUT2D eigenvalue weighted by Gasteiger charge is 2.09. The van der Waals surface area contributed by atoms with Gasteiger partial charge in [0.25, 0.3) is 0 Å². The van der Waals surface area contributed by atoms with Gasteiger partial charge in [0, 0.05) is 6.08 Å². The molecule has 6 nitrogen and oxygen atoms in total. The molecule has 0 fully saturated rings. The zero-order valence-corrected chi connectivity index (χ0v) is 16.0. The summed E-state index contributed by atoms with van der Waals surface area (Å²) in [7, 11) is 0. The van der Waals surface area contributed by atoms with Gasteiger partial charge in [-0.05, 0) is 56.0 Å². The Labute approximate surface area is 164 Å². The summed E-state index contributed by atoms with van der Waals surface area (Å²) in [6.07, 6.45) is 7.98. The average Bonchev–Trinajstić information content (AvgIpc) is 3.12. The topological polar surface area (TPSA) is 77.2 Å². The van der Waals surface area contributed by atoms with E-state index in [0.29, 0.717) is 12.3 Å². The normalized spacial score (nSPS) is 11.3. The zero-order valence-electron chi connectivity index (χ0n) is 16.0. The quantitative estimate of drug-likeness (QED) is 0.340. The number of aromatic hydroxyl groups is 1. The number of carbonyl (C=O) groups excluding carboxylic acids is 1. The molecule has 1 heterocycles. The van der Waals surface area contributed by atoms with Gasteiger partial charge in [-0.25, -0.2) is 4.79 Å². The lowest BCUT2D eigenvalue weighted by Crippen LogP contribution is -2.02. The number of aryl methyl sites for hydroxylation is 1. The monoisotopic (exact) mass is 379 g/mol. The van der Waals surface area contributed by atoms with Crippen molar-refractivity contribution < 1.29 is 14.6 Å². The van der Waals surface area contributed by atoms with Crippen molar-refractivity contribution in [1.29, 1.82) is 0 Å². The third-order valence-electron chi connectivity index (χ3n) is 4.45. The molecule has 3 aromatic rings. The molecule has 0 radical (unpaired) electrons. The fourth-order valence-corrected chi connectivity index (χ4v) is 2.99. The van der Waals surface area contributed by atoms with Crippen LogP contribution >= 0.6 is 0 Å². The molecule has 28 heavy (non-hydrogen) atoms. The van der Waals surface area contributed by atoms with Crippen LogP contribution in [0, 0.1) is 0 Å². The van der Waals surface area contributed by atoms with Crippen molar-refractivity contribution >= 4 is 17.0 Å². The van der Waals surface area contributed by atoms with E-state index in [0.717, 1.165) is 48.7 Å². The minimum Gasteiger partial charge on any atom is -0.506 e. The highest BCUT2D eigenvalue weighted by atomic mass is 16.5. The van der Waals surface area contributed by atoms with Crippen molar-refractivity contribution in [2.75, 3.05) is 6.61 Å². The first-order valence-electron chi connectivity index (χ1n) is 9.61. The molecule has 0 aliphatic heterocycles. The van der Waals surface area contributed by atoms with Gasteiger partial charge in [-0.1, -0.05) is 37.1 Å². The van der Waals surface area contributed by atoms with Crippen molar-refractivity contribution in [2.24, 2.45) is 0 Å². The van der Waals surface area contributed by atoms with Gasteiger partial charge in [0.05, 0.1) is 6.61 Å². The number of fused-ring (bicyclic) bond motifs is 1. The molecular formula is C22H25N3O3. The number of allylic oxidation sites excluding steroid dienone is 1. The van der Waals surface area contributed by atoms with Crippen molar-refractivity contribution in [3.8, 4) is 11.4 Å². The average molecular weight is 379 g/mol. The van der Waals surface area contributed by atoms with Crippen LogP contribution in [0.1, 0.15) is 38.2 Å². The van der Waals surface area contributed by atoms with Crippen LogP contribution in [0.5, 0.6) is 5.75 Å². The summed E-state index contributed by atoms with van der Waals surface area (Å²) in [6.45, 7) is 2.26. The SMILES string of the molecule is CC=CC(=O)OCCCCCCc1ccc(O)c(-n2nc3ccccc3n2)c1. The largest absolute Gasteiger partial charge is 0.506 e. The molecule has 6 heteroatoms. The van der Waals surface area contributed by atoms with Crippen LogP contribution in [-0.4, -0.2) is 32.7 Å². The molecule has 0 aliphatic carbocycles. The number of phenols is 1. The lowest BCUT2D eigenvalue weighted by atomic mass is 10.1. The summed E-state index contributed by atoms with van der Waals surface area (Å²) in [5, 5.41) is 19.1. The lowest BCUT2D eigenvalue weighted by Gasteiger charge is -2.07. The summed E-state index contributed by atoms with van der Waals surface area (Å²) < 4.78 is 5.08. The minimum atomic E-state index is -0.279. The summed E-state index contributed by atoms with van der Waals surface area (Å²) in [5.74, 6) is -0.119. The van der Waals surface area contributed by atoms with Crippen LogP contribution in [0.4, 0.5) is 0 Å². The van der Waals surface area contributed by atoms with Crippen LogP contribution in [-0.2, 0) is 16.0 Å². The Hall–Kier alpha value is -3.15. The summed E-state index contributed by atoms with van der Waals surface area (Å²) in [5.41, 5.74) is 3.31. The minimum absolute atomic E-state index is 0.159. The smallest absolute Gasteiger partial charge is 0.330 e.